The smallest absolute Gasteiger partial charge is 0.325 e. The molecule has 0 bridgehead atoms. The second-order valence-corrected chi connectivity index (χ2v) is 7.23. The Labute approximate surface area is 155 Å². The summed E-state index contributed by atoms with van der Waals surface area (Å²) in [6.45, 7) is 0. The van der Waals surface area contributed by atoms with Crippen molar-refractivity contribution in [1.82, 2.24) is 10.3 Å². The molecule has 0 spiro atoms. The van der Waals surface area contributed by atoms with Crippen LogP contribution >= 0.6 is 0 Å². The standard InChI is InChI=1S/C21H19F3N2O/c22-21(23,24)16-5-3-14(4-6-16)11-20(27)26-19-8-7-18-17(19)10-15(12-25-18)9-13-1-2-13/h3-6,8,10,12-13H,1-2,7,9,11H2,(H,26,27). The van der Waals surface area contributed by atoms with Gasteiger partial charge in [0.2, 0.25) is 5.91 Å². The quantitative estimate of drug-likeness (QED) is 0.850. The van der Waals surface area contributed by atoms with Crippen molar-refractivity contribution >= 4 is 11.6 Å². The molecule has 0 atom stereocenters. The van der Waals surface area contributed by atoms with E-state index in [9.17, 15) is 18.0 Å². The Morgan fingerprint density at radius 3 is 2.56 bits per heavy atom. The number of nitrogens with one attached hydrogen (secondary N) is 1. The molecule has 1 aromatic heterocycles. The van der Waals surface area contributed by atoms with Gasteiger partial charge in [-0.3, -0.25) is 9.78 Å². The van der Waals surface area contributed by atoms with Gasteiger partial charge in [0.05, 0.1) is 17.7 Å². The minimum atomic E-state index is -4.37. The van der Waals surface area contributed by atoms with Gasteiger partial charge in [0.1, 0.15) is 0 Å². The fraction of sp³-hybridized carbons (Fsp3) is 0.333. The Morgan fingerprint density at radius 2 is 1.89 bits per heavy atom. The number of fused-ring (bicyclic) bond motifs is 1. The lowest BCUT2D eigenvalue weighted by Crippen LogP contribution is -2.23. The number of hydrogen-bond donors (Lipinski definition) is 1. The van der Waals surface area contributed by atoms with Crippen molar-refractivity contribution in [1.29, 1.82) is 0 Å². The normalized spacial score (nSPS) is 16.0. The third-order valence-corrected chi connectivity index (χ3v) is 4.96. The minimum absolute atomic E-state index is 0.0278. The van der Waals surface area contributed by atoms with E-state index in [4.69, 9.17) is 0 Å². The molecule has 2 aliphatic rings. The van der Waals surface area contributed by atoms with Gasteiger partial charge in [0.25, 0.3) is 0 Å². The Kier molecular flexibility index (Phi) is 4.50. The molecule has 140 valence electrons. The largest absolute Gasteiger partial charge is 0.416 e. The molecule has 1 heterocycles. The Bertz CT molecular complexity index is 897. The van der Waals surface area contributed by atoms with E-state index in [1.165, 1.54) is 30.5 Å². The minimum Gasteiger partial charge on any atom is -0.325 e. The van der Waals surface area contributed by atoms with E-state index in [-0.39, 0.29) is 12.3 Å². The second kappa shape index (κ2) is 6.83. The van der Waals surface area contributed by atoms with Gasteiger partial charge in [0, 0.05) is 23.9 Å². The average Bonchev–Trinajstić information content (AvgIpc) is 3.35. The van der Waals surface area contributed by atoms with E-state index in [0.29, 0.717) is 12.0 Å². The van der Waals surface area contributed by atoms with Gasteiger partial charge in [-0.2, -0.15) is 13.2 Å². The summed E-state index contributed by atoms with van der Waals surface area (Å²) in [5.74, 6) is 0.509. The highest BCUT2D eigenvalue weighted by molar-refractivity contribution is 5.89. The van der Waals surface area contributed by atoms with Crippen LogP contribution in [0.5, 0.6) is 0 Å². The average molecular weight is 372 g/mol. The molecule has 0 aliphatic heterocycles. The summed E-state index contributed by atoms with van der Waals surface area (Å²) in [6, 6.07) is 6.78. The van der Waals surface area contributed by atoms with E-state index in [2.05, 4.69) is 16.4 Å². The Hall–Kier alpha value is -2.63. The predicted molar refractivity (Wildman–Crippen MR) is 95.6 cm³/mol. The van der Waals surface area contributed by atoms with Crippen LogP contribution in [-0.2, 0) is 30.2 Å². The van der Waals surface area contributed by atoms with Gasteiger partial charge in [-0.05, 0) is 54.5 Å². The fourth-order valence-electron chi connectivity index (χ4n) is 3.32. The highest BCUT2D eigenvalue weighted by Gasteiger charge is 2.30. The number of allylic oxidation sites excluding steroid dienone is 1. The zero-order chi connectivity index (χ0) is 19.0. The molecular weight excluding hydrogens is 353 g/mol. The van der Waals surface area contributed by atoms with Crippen LogP contribution in [0.15, 0.2) is 42.6 Å². The van der Waals surface area contributed by atoms with Crippen LogP contribution in [0.25, 0.3) is 5.70 Å². The number of carbonyl (C=O) groups excluding carboxylic acids is 1. The zero-order valence-electron chi connectivity index (χ0n) is 14.6. The van der Waals surface area contributed by atoms with Gasteiger partial charge >= 0.3 is 6.18 Å². The lowest BCUT2D eigenvalue weighted by atomic mass is 10.1. The highest BCUT2D eigenvalue weighted by atomic mass is 19.4. The Morgan fingerprint density at radius 1 is 1.15 bits per heavy atom. The third kappa shape index (κ3) is 4.21. The molecule has 27 heavy (non-hydrogen) atoms. The molecule has 0 radical (unpaired) electrons. The zero-order valence-corrected chi connectivity index (χ0v) is 14.6. The molecule has 1 amide bonds. The SMILES string of the molecule is O=C(Cc1ccc(C(F)(F)F)cc1)NC1=CCc2ncc(CC3CC3)cc21. The molecule has 6 heteroatoms. The van der Waals surface area contributed by atoms with Crippen LogP contribution in [0.2, 0.25) is 0 Å². The van der Waals surface area contributed by atoms with Gasteiger partial charge in [-0.25, -0.2) is 0 Å². The number of amides is 1. The van der Waals surface area contributed by atoms with Crippen molar-refractivity contribution in [3.8, 4) is 0 Å². The Balaban J connectivity index is 1.41. The first-order chi connectivity index (χ1) is 12.9. The topological polar surface area (TPSA) is 42.0 Å². The number of hydrogen-bond acceptors (Lipinski definition) is 2. The number of halogens is 3. The summed E-state index contributed by atoms with van der Waals surface area (Å²) in [5, 5.41) is 2.88. The van der Waals surface area contributed by atoms with Crippen molar-refractivity contribution in [3.05, 3.63) is 70.6 Å². The van der Waals surface area contributed by atoms with Gasteiger partial charge in [-0.1, -0.05) is 18.2 Å². The van der Waals surface area contributed by atoms with E-state index in [0.717, 1.165) is 41.4 Å². The van der Waals surface area contributed by atoms with Crippen LogP contribution in [0.3, 0.4) is 0 Å². The monoisotopic (exact) mass is 372 g/mol. The number of benzene rings is 1. The van der Waals surface area contributed by atoms with Gasteiger partial charge in [-0.15, -0.1) is 0 Å². The molecule has 2 aliphatic carbocycles. The van der Waals surface area contributed by atoms with E-state index in [1.54, 1.807) is 0 Å². The molecule has 1 fully saturated rings. The number of carbonyl (C=O) groups is 1. The molecule has 3 nitrogen and oxygen atoms in total. The molecule has 2 aromatic rings. The third-order valence-electron chi connectivity index (χ3n) is 4.96. The van der Waals surface area contributed by atoms with Crippen molar-refractivity contribution in [2.24, 2.45) is 5.92 Å². The number of nitrogens with zero attached hydrogens (tertiary/aromatic N) is 1. The first-order valence-corrected chi connectivity index (χ1v) is 9.03. The van der Waals surface area contributed by atoms with Crippen molar-refractivity contribution in [3.63, 3.8) is 0 Å². The first-order valence-electron chi connectivity index (χ1n) is 9.03. The van der Waals surface area contributed by atoms with Crippen LogP contribution in [0, 0.1) is 5.92 Å². The van der Waals surface area contributed by atoms with Crippen molar-refractivity contribution < 1.29 is 18.0 Å². The molecule has 1 aromatic carbocycles. The van der Waals surface area contributed by atoms with Crippen LogP contribution in [0.1, 0.15) is 40.8 Å². The maximum atomic E-state index is 12.6. The van der Waals surface area contributed by atoms with Crippen LogP contribution in [0.4, 0.5) is 13.2 Å². The lowest BCUT2D eigenvalue weighted by Gasteiger charge is -2.11. The predicted octanol–water partition coefficient (Wildman–Crippen LogP) is 4.31. The molecule has 1 saturated carbocycles. The van der Waals surface area contributed by atoms with Crippen molar-refractivity contribution in [2.45, 2.75) is 38.3 Å². The molecule has 0 unspecified atom stereocenters. The summed E-state index contributed by atoms with van der Waals surface area (Å²) >= 11 is 0. The summed E-state index contributed by atoms with van der Waals surface area (Å²) in [7, 11) is 0. The summed E-state index contributed by atoms with van der Waals surface area (Å²) in [4.78, 5) is 16.8. The summed E-state index contributed by atoms with van der Waals surface area (Å²) < 4.78 is 37.8. The molecule has 0 saturated heterocycles. The van der Waals surface area contributed by atoms with E-state index in [1.807, 2.05) is 12.3 Å². The van der Waals surface area contributed by atoms with Crippen LogP contribution < -0.4 is 5.32 Å². The molecule has 4 rings (SSSR count). The number of rotatable bonds is 5. The molecular formula is C21H19F3N2O. The first kappa shape index (κ1) is 17.8. The van der Waals surface area contributed by atoms with Gasteiger partial charge < -0.3 is 5.32 Å². The summed E-state index contributed by atoms with van der Waals surface area (Å²) in [6.07, 6.45) is 3.74. The lowest BCUT2D eigenvalue weighted by molar-refractivity contribution is -0.137. The second-order valence-electron chi connectivity index (χ2n) is 7.23. The number of aromatic nitrogens is 1. The fourth-order valence-corrected chi connectivity index (χ4v) is 3.32. The summed E-state index contributed by atoms with van der Waals surface area (Å²) in [5.41, 5.74) is 3.65. The number of alkyl halides is 3. The maximum Gasteiger partial charge on any atom is 0.416 e. The van der Waals surface area contributed by atoms with Crippen LogP contribution in [-0.4, -0.2) is 10.9 Å². The highest BCUT2D eigenvalue weighted by Crippen LogP contribution is 2.34. The molecule has 1 N–H and O–H groups in total. The maximum absolute atomic E-state index is 12.6. The van der Waals surface area contributed by atoms with Gasteiger partial charge in [0.15, 0.2) is 0 Å². The number of pyridine rings is 1. The van der Waals surface area contributed by atoms with E-state index >= 15 is 0 Å². The van der Waals surface area contributed by atoms with Crippen molar-refractivity contribution in [2.75, 3.05) is 0 Å². The van der Waals surface area contributed by atoms with E-state index < -0.39 is 11.7 Å².